The molecule has 1 fully saturated rings. The van der Waals surface area contributed by atoms with E-state index in [1.165, 1.54) is 5.56 Å². The normalized spacial score (nSPS) is 18.4. The monoisotopic (exact) mass is 335 g/mol. The third-order valence-electron chi connectivity index (χ3n) is 3.54. The van der Waals surface area contributed by atoms with Gasteiger partial charge in [0.15, 0.2) is 0 Å². The number of nitro benzene ring substituents is 1. The van der Waals surface area contributed by atoms with Crippen LogP contribution in [0.5, 0.6) is 0 Å². The first-order valence-corrected chi connectivity index (χ1v) is 6.84. The maximum atomic E-state index is 10.6. The van der Waals surface area contributed by atoms with E-state index in [1.807, 2.05) is 12.1 Å². The molecule has 0 saturated carbocycles. The second-order valence-corrected chi connectivity index (χ2v) is 5.18. The summed E-state index contributed by atoms with van der Waals surface area (Å²) in [7, 11) is 0. The van der Waals surface area contributed by atoms with Crippen molar-refractivity contribution in [1.82, 2.24) is 10.2 Å². The molecule has 120 valence electrons. The van der Waals surface area contributed by atoms with Gasteiger partial charge in [-0.3, -0.25) is 10.1 Å². The van der Waals surface area contributed by atoms with E-state index < -0.39 is 0 Å². The molecule has 1 heterocycles. The zero-order chi connectivity index (χ0) is 13.7. The molecule has 0 aliphatic carbocycles. The van der Waals surface area contributed by atoms with Crippen molar-refractivity contribution in [2.45, 2.75) is 25.8 Å². The summed E-state index contributed by atoms with van der Waals surface area (Å²) in [5, 5.41) is 14.0. The standard InChI is InChI=1S/C14H21N3O2.2ClH/c1-12-11-16(10-8-15-12)9-2-3-13-4-6-14(7-5-13)17(18)19;;/h4-7,12,15H,2-3,8-11H2,1H3;2*1H/t12-;;/m1../s1. The predicted molar refractivity (Wildman–Crippen MR) is 89.8 cm³/mol. The average Bonchev–Trinajstić information content (AvgIpc) is 2.39. The quantitative estimate of drug-likeness (QED) is 0.663. The minimum atomic E-state index is -0.355. The summed E-state index contributed by atoms with van der Waals surface area (Å²) in [6, 6.07) is 7.47. The SMILES string of the molecule is C[C@@H]1CN(CCCc2ccc([N+](=O)[O-])cc2)CCN1.Cl.Cl. The van der Waals surface area contributed by atoms with Crippen molar-refractivity contribution in [2.24, 2.45) is 0 Å². The smallest absolute Gasteiger partial charge is 0.269 e. The third kappa shape index (κ3) is 6.61. The van der Waals surface area contributed by atoms with Gasteiger partial charge in [-0.1, -0.05) is 12.1 Å². The van der Waals surface area contributed by atoms with Gasteiger partial charge in [0.2, 0.25) is 0 Å². The Bertz CT molecular complexity index is 429. The number of aryl methyl sites for hydroxylation is 1. The summed E-state index contributed by atoms with van der Waals surface area (Å²) < 4.78 is 0. The van der Waals surface area contributed by atoms with Gasteiger partial charge in [0.25, 0.3) is 5.69 Å². The highest BCUT2D eigenvalue weighted by molar-refractivity contribution is 5.85. The van der Waals surface area contributed by atoms with Gasteiger partial charge in [-0.05, 0) is 31.9 Å². The number of hydrogen-bond acceptors (Lipinski definition) is 4. The highest BCUT2D eigenvalue weighted by atomic mass is 35.5. The van der Waals surface area contributed by atoms with Crippen molar-refractivity contribution in [3.05, 3.63) is 39.9 Å². The zero-order valence-electron chi connectivity index (χ0n) is 12.2. The molecule has 1 aliphatic heterocycles. The van der Waals surface area contributed by atoms with Crippen LogP contribution in [-0.4, -0.2) is 42.0 Å². The summed E-state index contributed by atoms with van der Waals surface area (Å²) in [5.74, 6) is 0. The summed E-state index contributed by atoms with van der Waals surface area (Å²) in [5.41, 5.74) is 1.34. The van der Waals surface area contributed by atoms with E-state index >= 15 is 0 Å². The van der Waals surface area contributed by atoms with Gasteiger partial charge in [-0.2, -0.15) is 0 Å². The van der Waals surface area contributed by atoms with Crippen molar-refractivity contribution >= 4 is 30.5 Å². The number of piperazine rings is 1. The first-order valence-electron chi connectivity index (χ1n) is 6.84. The predicted octanol–water partition coefficient (Wildman–Crippen LogP) is 2.66. The lowest BCUT2D eigenvalue weighted by atomic mass is 10.1. The zero-order valence-corrected chi connectivity index (χ0v) is 13.8. The molecular weight excluding hydrogens is 313 g/mol. The van der Waals surface area contributed by atoms with Crippen LogP contribution in [-0.2, 0) is 6.42 Å². The minimum absolute atomic E-state index is 0. The van der Waals surface area contributed by atoms with Crippen LogP contribution < -0.4 is 5.32 Å². The topological polar surface area (TPSA) is 58.4 Å². The lowest BCUT2D eigenvalue weighted by Crippen LogP contribution is -2.49. The Labute approximate surface area is 138 Å². The molecule has 0 spiro atoms. The molecule has 1 saturated heterocycles. The van der Waals surface area contributed by atoms with Crippen LogP contribution in [0.3, 0.4) is 0 Å². The fourth-order valence-corrected chi connectivity index (χ4v) is 2.51. The maximum Gasteiger partial charge on any atom is 0.269 e. The van der Waals surface area contributed by atoms with Gasteiger partial charge < -0.3 is 10.2 Å². The summed E-state index contributed by atoms with van der Waals surface area (Å²) in [4.78, 5) is 12.7. The highest BCUT2D eigenvalue weighted by Gasteiger charge is 2.14. The van der Waals surface area contributed by atoms with E-state index in [0.29, 0.717) is 6.04 Å². The fraction of sp³-hybridized carbons (Fsp3) is 0.571. The molecular formula is C14H23Cl2N3O2. The molecule has 1 N–H and O–H groups in total. The summed E-state index contributed by atoms with van der Waals surface area (Å²) >= 11 is 0. The van der Waals surface area contributed by atoms with Crippen LogP contribution in [0.1, 0.15) is 18.9 Å². The van der Waals surface area contributed by atoms with E-state index in [-0.39, 0.29) is 35.4 Å². The van der Waals surface area contributed by atoms with Crippen molar-refractivity contribution in [3.8, 4) is 0 Å². The number of rotatable bonds is 5. The average molecular weight is 336 g/mol. The molecule has 0 aromatic heterocycles. The van der Waals surface area contributed by atoms with E-state index in [9.17, 15) is 10.1 Å². The Morgan fingerprint density at radius 3 is 2.57 bits per heavy atom. The highest BCUT2D eigenvalue weighted by Crippen LogP contribution is 2.13. The summed E-state index contributed by atoms with van der Waals surface area (Å²) in [6.45, 7) is 6.61. The van der Waals surface area contributed by atoms with Crippen molar-refractivity contribution in [2.75, 3.05) is 26.2 Å². The van der Waals surface area contributed by atoms with Crippen LogP contribution in [0.15, 0.2) is 24.3 Å². The molecule has 21 heavy (non-hydrogen) atoms. The number of non-ortho nitro benzene ring substituents is 1. The first-order chi connectivity index (χ1) is 9.15. The molecule has 1 aliphatic rings. The van der Waals surface area contributed by atoms with Crippen molar-refractivity contribution < 1.29 is 4.92 Å². The number of benzene rings is 1. The Hall–Kier alpha value is -0.880. The third-order valence-corrected chi connectivity index (χ3v) is 3.54. The van der Waals surface area contributed by atoms with Crippen LogP contribution in [0, 0.1) is 10.1 Å². The van der Waals surface area contributed by atoms with Gasteiger partial charge in [0.1, 0.15) is 0 Å². The van der Waals surface area contributed by atoms with Gasteiger partial charge >= 0.3 is 0 Å². The molecule has 0 radical (unpaired) electrons. The van der Waals surface area contributed by atoms with E-state index in [4.69, 9.17) is 0 Å². The Balaban J connectivity index is 0.00000200. The van der Waals surface area contributed by atoms with E-state index in [2.05, 4.69) is 17.1 Å². The van der Waals surface area contributed by atoms with Gasteiger partial charge in [-0.25, -0.2) is 0 Å². The second-order valence-electron chi connectivity index (χ2n) is 5.18. The van der Waals surface area contributed by atoms with Gasteiger partial charge in [0.05, 0.1) is 4.92 Å². The molecule has 0 unspecified atom stereocenters. The van der Waals surface area contributed by atoms with Crippen LogP contribution in [0.4, 0.5) is 5.69 Å². The van der Waals surface area contributed by atoms with Crippen molar-refractivity contribution in [3.63, 3.8) is 0 Å². The molecule has 5 nitrogen and oxygen atoms in total. The Morgan fingerprint density at radius 1 is 1.33 bits per heavy atom. The largest absolute Gasteiger partial charge is 0.312 e. The fourth-order valence-electron chi connectivity index (χ4n) is 2.51. The molecule has 7 heteroatoms. The second kappa shape index (κ2) is 9.95. The van der Waals surface area contributed by atoms with Crippen molar-refractivity contribution in [1.29, 1.82) is 0 Å². The Kier molecular flexibility index (Phi) is 9.53. The number of halogens is 2. The lowest BCUT2D eigenvalue weighted by molar-refractivity contribution is -0.384. The van der Waals surface area contributed by atoms with Crippen LogP contribution in [0.25, 0.3) is 0 Å². The minimum Gasteiger partial charge on any atom is -0.312 e. The van der Waals surface area contributed by atoms with Crippen LogP contribution in [0.2, 0.25) is 0 Å². The molecule has 1 atom stereocenters. The molecule has 0 amide bonds. The number of hydrogen-bond donors (Lipinski definition) is 1. The molecule has 2 rings (SSSR count). The van der Waals surface area contributed by atoms with Crippen LogP contribution >= 0.6 is 24.8 Å². The number of nitro groups is 1. The maximum absolute atomic E-state index is 10.6. The number of nitrogens with one attached hydrogen (secondary N) is 1. The van der Waals surface area contributed by atoms with Gasteiger partial charge in [-0.15, -0.1) is 24.8 Å². The first kappa shape index (κ1) is 20.1. The summed E-state index contributed by atoms with van der Waals surface area (Å²) in [6.07, 6.45) is 2.08. The van der Waals surface area contributed by atoms with E-state index in [0.717, 1.165) is 39.0 Å². The lowest BCUT2D eigenvalue weighted by Gasteiger charge is -2.31. The van der Waals surface area contributed by atoms with E-state index in [1.54, 1.807) is 12.1 Å². The molecule has 1 aromatic carbocycles. The molecule has 1 aromatic rings. The molecule has 0 bridgehead atoms. The Morgan fingerprint density at radius 2 is 2.00 bits per heavy atom. The number of nitrogens with zero attached hydrogens (tertiary/aromatic N) is 2. The van der Waals surface area contributed by atoms with Gasteiger partial charge in [0, 0.05) is 37.8 Å².